The minimum absolute atomic E-state index is 0.0848. The zero-order valence-corrected chi connectivity index (χ0v) is 16.8. The van der Waals surface area contributed by atoms with E-state index in [-0.39, 0.29) is 11.7 Å². The van der Waals surface area contributed by atoms with Crippen LogP contribution in [0.4, 0.5) is 0 Å². The van der Waals surface area contributed by atoms with Crippen molar-refractivity contribution < 1.29 is 9.21 Å². The largest absolute Gasteiger partial charge is 0.411 e. The van der Waals surface area contributed by atoms with E-state index >= 15 is 0 Å². The number of aromatic amines is 1. The van der Waals surface area contributed by atoms with Crippen molar-refractivity contribution in [2.24, 2.45) is 0 Å². The van der Waals surface area contributed by atoms with E-state index in [9.17, 15) is 4.79 Å². The molecule has 1 N–H and O–H groups in total. The van der Waals surface area contributed by atoms with Crippen LogP contribution in [0.5, 0.6) is 0 Å². The number of aromatic nitrogens is 3. The molecule has 3 heterocycles. The number of fused-ring (bicyclic) bond motifs is 3. The molecule has 6 nitrogen and oxygen atoms in total. The summed E-state index contributed by atoms with van der Waals surface area (Å²) in [5.41, 5.74) is 5.59. The number of para-hydroxylation sites is 1. The fourth-order valence-corrected chi connectivity index (χ4v) is 4.45. The second-order valence-corrected chi connectivity index (χ2v) is 8.10. The van der Waals surface area contributed by atoms with Crippen molar-refractivity contribution in [3.8, 4) is 11.5 Å². The average molecular weight is 404 g/mol. The van der Waals surface area contributed by atoms with Gasteiger partial charge in [-0.1, -0.05) is 48.2 Å². The fraction of sp³-hybridized carbons (Fsp3) is 0.227. The first-order valence-corrected chi connectivity index (χ1v) is 10.6. The molecular formula is C22H20N4O2S. The Balaban J connectivity index is 1.26. The van der Waals surface area contributed by atoms with Crippen LogP contribution in [0, 0.1) is 6.92 Å². The quantitative estimate of drug-likeness (QED) is 0.516. The van der Waals surface area contributed by atoms with Crippen LogP contribution in [-0.4, -0.2) is 38.3 Å². The Morgan fingerprint density at radius 3 is 2.90 bits per heavy atom. The van der Waals surface area contributed by atoms with Gasteiger partial charge in [-0.15, -0.1) is 10.2 Å². The summed E-state index contributed by atoms with van der Waals surface area (Å²) in [4.78, 5) is 18.2. The monoisotopic (exact) mass is 404 g/mol. The fourth-order valence-electron chi connectivity index (χ4n) is 3.78. The summed E-state index contributed by atoms with van der Waals surface area (Å²) in [6.45, 7) is 3.36. The zero-order valence-electron chi connectivity index (χ0n) is 16.0. The maximum atomic E-state index is 12.8. The number of carbonyl (C=O) groups excluding carboxylic acids is 1. The molecule has 0 saturated carbocycles. The molecule has 1 amide bonds. The molecule has 2 aromatic heterocycles. The van der Waals surface area contributed by atoms with Gasteiger partial charge in [-0.2, -0.15) is 0 Å². The number of hydrogen-bond donors (Lipinski definition) is 1. The molecule has 4 aromatic rings. The Morgan fingerprint density at radius 2 is 2.00 bits per heavy atom. The van der Waals surface area contributed by atoms with Crippen LogP contribution in [-0.2, 0) is 17.8 Å². The molecular weight excluding hydrogens is 384 g/mol. The van der Waals surface area contributed by atoms with Gasteiger partial charge in [-0.25, -0.2) is 0 Å². The number of H-pyrrole nitrogens is 1. The topological polar surface area (TPSA) is 75.0 Å². The van der Waals surface area contributed by atoms with Crippen molar-refractivity contribution in [3.05, 3.63) is 65.4 Å². The number of carbonyl (C=O) groups is 1. The molecule has 0 atom stereocenters. The summed E-state index contributed by atoms with van der Waals surface area (Å²) < 4.78 is 5.75. The molecule has 29 heavy (non-hydrogen) atoms. The summed E-state index contributed by atoms with van der Waals surface area (Å²) in [6, 6.07) is 16.1. The van der Waals surface area contributed by atoms with Gasteiger partial charge in [0.05, 0.1) is 5.75 Å². The van der Waals surface area contributed by atoms with Gasteiger partial charge in [-0.3, -0.25) is 4.79 Å². The molecule has 0 saturated heterocycles. The molecule has 5 rings (SSSR count). The molecule has 0 unspecified atom stereocenters. The lowest BCUT2D eigenvalue weighted by Crippen LogP contribution is -2.36. The van der Waals surface area contributed by atoms with E-state index in [1.807, 2.05) is 48.2 Å². The smallest absolute Gasteiger partial charge is 0.277 e. The average Bonchev–Trinajstić information content (AvgIpc) is 3.36. The van der Waals surface area contributed by atoms with Gasteiger partial charge in [0, 0.05) is 47.2 Å². The Morgan fingerprint density at radius 1 is 1.17 bits per heavy atom. The summed E-state index contributed by atoms with van der Waals surface area (Å²) in [7, 11) is 0. The maximum absolute atomic E-state index is 12.8. The van der Waals surface area contributed by atoms with E-state index in [0.717, 1.165) is 29.6 Å². The standard InChI is InChI=1S/C22H20N4O2S/c1-14-6-2-3-7-15(14)21-24-25-22(28-21)29-13-20(27)26-11-10-19-17(12-26)16-8-4-5-9-18(16)23-19/h2-9,23H,10-13H2,1H3. The van der Waals surface area contributed by atoms with Crippen molar-refractivity contribution in [3.63, 3.8) is 0 Å². The van der Waals surface area contributed by atoms with Crippen LogP contribution in [0.2, 0.25) is 0 Å². The van der Waals surface area contributed by atoms with Crippen LogP contribution in [0.15, 0.2) is 58.2 Å². The number of aryl methyl sites for hydroxylation is 1. The third kappa shape index (κ3) is 3.42. The van der Waals surface area contributed by atoms with Crippen LogP contribution < -0.4 is 0 Å². The van der Waals surface area contributed by atoms with Crippen molar-refractivity contribution in [2.45, 2.75) is 25.1 Å². The van der Waals surface area contributed by atoms with Crippen molar-refractivity contribution in [2.75, 3.05) is 12.3 Å². The number of rotatable bonds is 4. The summed E-state index contributed by atoms with van der Waals surface area (Å²) >= 11 is 1.29. The minimum atomic E-state index is 0.0848. The lowest BCUT2D eigenvalue weighted by molar-refractivity contribution is -0.129. The van der Waals surface area contributed by atoms with E-state index in [1.54, 1.807) is 0 Å². The number of nitrogens with zero attached hydrogens (tertiary/aromatic N) is 3. The van der Waals surface area contributed by atoms with E-state index in [4.69, 9.17) is 4.42 Å². The van der Waals surface area contributed by atoms with E-state index in [0.29, 0.717) is 17.7 Å². The van der Waals surface area contributed by atoms with Gasteiger partial charge in [0.2, 0.25) is 11.8 Å². The number of amides is 1. The van der Waals surface area contributed by atoms with Gasteiger partial charge in [0.15, 0.2) is 0 Å². The summed E-state index contributed by atoms with van der Waals surface area (Å²) in [5, 5.41) is 9.84. The Hall–Kier alpha value is -3.06. The highest BCUT2D eigenvalue weighted by Crippen LogP contribution is 2.29. The second kappa shape index (κ2) is 7.40. The maximum Gasteiger partial charge on any atom is 0.277 e. The molecule has 7 heteroatoms. The summed E-state index contributed by atoms with van der Waals surface area (Å²) in [5.74, 6) is 0.855. The van der Waals surface area contributed by atoms with Gasteiger partial charge in [0.25, 0.3) is 5.22 Å². The Labute approximate surface area is 172 Å². The van der Waals surface area contributed by atoms with Crippen LogP contribution >= 0.6 is 11.8 Å². The van der Waals surface area contributed by atoms with Gasteiger partial charge in [-0.05, 0) is 24.6 Å². The SMILES string of the molecule is Cc1ccccc1-c1nnc(SCC(=O)N2CCc3[nH]c4ccccc4c3C2)o1. The third-order valence-corrected chi connectivity index (χ3v) is 6.14. The van der Waals surface area contributed by atoms with Gasteiger partial charge >= 0.3 is 0 Å². The Kier molecular flexibility index (Phi) is 4.60. The number of nitrogens with one attached hydrogen (secondary N) is 1. The predicted octanol–water partition coefficient (Wildman–Crippen LogP) is 4.20. The molecule has 0 radical (unpaired) electrons. The number of benzene rings is 2. The predicted molar refractivity (Wildman–Crippen MR) is 113 cm³/mol. The van der Waals surface area contributed by atoms with Crippen LogP contribution in [0.3, 0.4) is 0 Å². The molecule has 0 spiro atoms. The summed E-state index contributed by atoms with van der Waals surface area (Å²) in [6.07, 6.45) is 0.846. The van der Waals surface area contributed by atoms with E-state index in [1.165, 1.54) is 28.4 Å². The second-order valence-electron chi connectivity index (χ2n) is 7.17. The van der Waals surface area contributed by atoms with Gasteiger partial charge in [0.1, 0.15) is 0 Å². The highest BCUT2D eigenvalue weighted by atomic mass is 32.2. The molecule has 2 aromatic carbocycles. The molecule has 1 aliphatic rings. The Bertz CT molecular complexity index is 1200. The molecule has 146 valence electrons. The number of hydrogen-bond acceptors (Lipinski definition) is 5. The normalized spacial score (nSPS) is 13.6. The van der Waals surface area contributed by atoms with Crippen molar-refractivity contribution in [1.82, 2.24) is 20.1 Å². The first-order valence-electron chi connectivity index (χ1n) is 9.57. The lowest BCUT2D eigenvalue weighted by atomic mass is 10.0. The first-order chi connectivity index (χ1) is 14.2. The lowest BCUT2D eigenvalue weighted by Gasteiger charge is -2.27. The molecule has 1 aliphatic heterocycles. The molecule has 0 fully saturated rings. The van der Waals surface area contributed by atoms with Crippen molar-refractivity contribution >= 4 is 28.6 Å². The highest BCUT2D eigenvalue weighted by molar-refractivity contribution is 7.99. The van der Waals surface area contributed by atoms with Gasteiger partial charge < -0.3 is 14.3 Å². The first kappa shape index (κ1) is 18.0. The molecule has 0 bridgehead atoms. The molecule has 0 aliphatic carbocycles. The minimum Gasteiger partial charge on any atom is -0.411 e. The third-order valence-electron chi connectivity index (χ3n) is 5.34. The van der Waals surface area contributed by atoms with E-state index < -0.39 is 0 Å². The number of thioether (sulfide) groups is 1. The van der Waals surface area contributed by atoms with Crippen LogP contribution in [0.25, 0.3) is 22.4 Å². The highest BCUT2D eigenvalue weighted by Gasteiger charge is 2.24. The van der Waals surface area contributed by atoms with Crippen molar-refractivity contribution in [1.29, 1.82) is 0 Å². The van der Waals surface area contributed by atoms with E-state index in [2.05, 4.69) is 27.3 Å². The van der Waals surface area contributed by atoms with Crippen LogP contribution in [0.1, 0.15) is 16.8 Å². The zero-order chi connectivity index (χ0) is 19.8.